The van der Waals surface area contributed by atoms with E-state index < -0.39 is 0 Å². The van der Waals surface area contributed by atoms with Crippen LogP contribution in [0.15, 0.2) is 116 Å². The van der Waals surface area contributed by atoms with Crippen LogP contribution in [-0.2, 0) is 13.0 Å². The van der Waals surface area contributed by atoms with Crippen LogP contribution >= 0.6 is 0 Å². The molecule has 4 heteroatoms. The highest BCUT2D eigenvalue weighted by atomic mass is 19.1. The first-order valence-corrected chi connectivity index (χ1v) is 16.4. The number of benzene rings is 4. The van der Waals surface area contributed by atoms with Gasteiger partial charge in [0.15, 0.2) is 0 Å². The number of halogens is 1. The van der Waals surface area contributed by atoms with E-state index in [0.29, 0.717) is 17.9 Å². The van der Waals surface area contributed by atoms with Crippen LogP contribution in [0.1, 0.15) is 59.4 Å². The SMILES string of the molecule is C=C(NC1CCN(Cc2cccc(F)c2)CC1)c1cccc(CC2CCCN(CC(c3ccccc3)c3ccccc3)C2)c1. The third-order valence-electron chi connectivity index (χ3n) is 9.51. The molecule has 44 heavy (non-hydrogen) atoms. The Labute approximate surface area is 263 Å². The van der Waals surface area contributed by atoms with Gasteiger partial charge in [-0.1, -0.05) is 97.6 Å². The van der Waals surface area contributed by atoms with E-state index in [1.54, 1.807) is 12.1 Å². The number of hydrogen-bond donors (Lipinski definition) is 1. The largest absolute Gasteiger partial charge is 0.382 e. The lowest BCUT2D eigenvalue weighted by atomic mass is 9.87. The maximum absolute atomic E-state index is 13.6. The molecule has 2 aliphatic rings. The smallest absolute Gasteiger partial charge is 0.123 e. The van der Waals surface area contributed by atoms with E-state index in [1.165, 1.54) is 47.7 Å². The van der Waals surface area contributed by atoms with Crippen LogP contribution in [0.2, 0.25) is 0 Å². The predicted octanol–water partition coefficient (Wildman–Crippen LogP) is 8.14. The fourth-order valence-electron chi connectivity index (χ4n) is 7.19. The minimum Gasteiger partial charge on any atom is -0.382 e. The summed E-state index contributed by atoms with van der Waals surface area (Å²) in [5, 5.41) is 3.73. The van der Waals surface area contributed by atoms with Crippen molar-refractivity contribution >= 4 is 5.70 Å². The molecule has 4 aromatic rings. The molecule has 1 N–H and O–H groups in total. The van der Waals surface area contributed by atoms with E-state index in [4.69, 9.17) is 0 Å². The minimum absolute atomic E-state index is 0.154. The standard InChI is InChI=1S/C40H46FN3/c1-31(42-39-20-23-43(24-21-39)28-34-12-9-19-38(41)27-34)37-18-8-11-32(26-37)25-33-13-10-22-44(29-33)30-40(35-14-4-2-5-15-35)36-16-6-3-7-17-36/h2-9,11-12,14-19,26-27,33,39-40,42H,1,10,13,20-25,28-30H2. The summed E-state index contributed by atoms with van der Waals surface area (Å²) < 4.78 is 13.6. The first-order chi connectivity index (χ1) is 21.6. The molecule has 228 valence electrons. The molecule has 2 aliphatic heterocycles. The first kappa shape index (κ1) is 30.3. The molecule has 1 atom stereocenters. The summed E-state index contributed by atoms with van der Waals surface area (Å²) in [7, 11) is 0. The third kappa shape index (κ3) is 8.25. The van der Waals surface area contributed by atoms with Gasteiger partial charge in [-0.05, 0) is 90.6 Å². The summed E-state index contributed by atoms with van der Waals surface area (Å²) in [5.74, 6) is 0.898. The van der Waals surface area contributed by atoms with E-state index in [1.807, 2.05) is 6.07 Å². The average molecular weight is 588 g/mol. The van der Waals surface area contributed by atoms with Gasteiger partial charge in [0.25, 0.3) is 0 Å². The molecule has 6 rings (SSSR count). The van der Waals surface area contributed by atoms with Crippen molar-refractivity contribution in [1.29, 1.82) is 0 Å². The molecule has 0 amide bonds. The monoisotopic (exact) mass is 587 g/mol. The van der Waals surface area contributed by atoms with Crippen molar-refractivity contribution in [2.24, 2.45) is 5.92 Å². The van der Waals surface area contributed by atoms with Gasteiger partial charge in [-0.3, -0.25) is 4.90 Å². The highest BCUT2D eigenvalue weighted by molar-refractivity contribution is 5.62. The first-order valence-electron chi connectivity index (χ1n) is 16.4. The molecule has 1 unspecified atom stereocenters. The summed E-state index contributed by atoms with van der Waals surface area (Å²) in [5.41, 5.74) is 7.48. The van der Waals surface area contributed by atoms with Crippen LogP contribution in [0.3, 0.4) is 0 Å². The number of rotatable bonds is 11. The second-order valence-corrected chi connectivity index (χ2v) is 12.8. The summed E-state index contributed by atoms with van der Waals surface area (Å²) in [6.07, 6.45) is 5.79. The van der Waals surface area contributed by atoms with Crippen molar-refractivity contribution in [2.45, 2.75) is 50.6 Å². The molecule has 4 aromatic carbocycles. The predicted molar refractivity (Wildman–Crippen MR) is 181 cm³/mol. The molecule has 3 nitrogen and oxygen atoms in total. The fourth-order valence-corrected chi connectivity index (χ4v) is 7.19. The quantitative estimate of drug-likeness (QED) is 0.191. The number of hydrogen-bond acceptors (Lipinski definition) is 3. The maximum Gasteiger partial charge on any atom is 0.123 e. The van der Waals surface area contributed by atoms with Crippen molar-refractivity contribution in [3.05, 3.63) is 149 Å². The minimum atomic E-state index is -0.154. The molecule has 0 saturated carbocycles. The van der Waals surface area contributed by atoms with Crippen LogP contribution in [0.5, 0.6) is 0 Å². The molecule has 0 bridgehead atoms. The lowest BCUT2D eigenvalue weighted by molar-refractivity contribution is 0.170. The second kappa shape index (κ2) is 14.8. The van der Waals surface area contributed by atoms with Gasteiger partial charge in [0.05, 0.1) is 0 Å². The van der Waals surface area contributed by atoms with Gasteiger partial charge >= 0.3 is 0 Å². The number of nitrogens with zero attached hydrogens (tertiary/aromatic N) is 2. The van der Waals surface area contributed by atoms with Crippen molar-refractivity contribution < 1.29 is 4.39 Å². The summed E-state index contributed by atoms with van der Waals surface area (Å²) in [6, 6.07) is 38.4. The van der Waals surface area contributed by atoms with Crippen molar-refractivity contribution in [2.75, 3.05) is 32.7 Å². The average Bonchev–Trinajstić information content (AvgIpc) is 3.06. The van der Waals surface area contributed by atoms with Gasteiger partial charge in [-0.15, -0.1) is 0 Å². The Morgan fingerprint density at radius 3 is 2.14 bits per heavy atom. The van der Waals surface area contributed by atoms with Crippen LogP contribution in [-0.4, -0.2) is 48.6 Å². The van der Waals surface area contributed by atoms with Gasteiger partial charge in [0.1, 0.15) is 5.82 Å². The lowest BCUT2D eigenvalue weighted by Crippen LogP contribution is -2.41. The third-order valence-corrected chi connectivity index (χ3v) is 9.51. The zero-order chi connectivity index (χ0) is 30.1. The van der Waals surface area contributed by atoms with Crippen LogP contribution in [0, 0.1) is 11.7 Å². The molecular weight excluding hydrogens is 541 g/mol. The molecule has 2 heterocycles. The number of nitrogens with one attached hydrogen (secondary N) is 1. The molecule has 2 fully saturated rings. The molecular formula is C40H46FN3. The Morgan fingerprint density at radius 2 is 1.43 bits per heavy atom. The van der Waals surface area contributed by atoms with Gasteiger partial charge in [-0.2, -0.15) is 0 Å². The van der Waals surface area contributed by atoms with E-state index in [2.05, 4.69) is 107 Å². The Balaban J connectivity index is 1.01. The summed E-state index contributed by atoms with van der Waals surface area (Å²) >= 11 is 0. The molecule has 0 radical (unpaired) electrons. The van der Waals surface area contributed by atoms with Crippen LogP contribution < -0.4 is 5.32 Å². The van der Waals surface area contributed by atoms with E-state index in [-0.39, 0.29) is 5.82 Å². The maximum atomic E-state index is 13.6. The van der Waals surface area contributed by atoms with Crippen LogP contribution in [0.25, 0.3) is 5.70 Å². The normalized spacial score (nSPS) is 18.4. The molecule has 0 spiro atoms. The van der Waals surface area contributed by atoms with Crippen molar-refractivity contribution in [1.82, 2.24) is 15.1 Å². The summed E-state index contributed by atoms with van der Waals surface area (Å²) in [4.78, 5) is 5.12. The van der Waals surface area contributed by atoms with Crippen molar-refractivity contribution in [3.8, 4) is 0 Å². The van der Waals surface area contributed by atoms with Gasteiger partial charge < -0.3 is 10.2 Å². The zero-order valence-corrected chi connectivity index (χ0v) is 25.9. The van der Waals surface area contributed by atoms with Gasteiger partial charge in [0, 0.05) is 50.4 Å². The van der Waals surface area contributed by atoms with E-state index in [0.717, 1.165) is 63.2 Å². The van der Waals surface area contributed by atoms with Crippen molar-refractivity contribution in [3.63, 3.8) is 0 Å². The topological polar surface area (TPSA) is 18.5 Å². The Hall–Kier alpha value is -3.73. The zero-order valence-electron chi connectivity index (χ0n) is 25.9. The highest BCUT2D eigenvalue weighted by Crippen LogP contribution is 2.29. The highest BCUT2D eigenvalue weighted by Gasteiger charge is 2.25. The number of piperidine rings is 2. The fraction of sp³-hybridized carbons (Fsp3) is 0.350. The Kier molecular flexibility index (Phi) is 10.2. The Bertz CT molecular complexity index is 1440. The van der Waals surface area contributed by atoms with Gasteiger partial charge in [-0.25, -0.2) is 4.39 Å². The van der Waals surface area contributed by atoms with Crippen LogP contribution in [0.4, 0.5) is 4.39 Å². The summed E-state index contributed by atoms with van der Waals surface area (Å²) in [6.45, 7) is 10.6. The van der Waals surface area contributed by atoms with E-state index in [9.17, 15) is 4.39 Å². The second-order valence-electron chi connectivity index (χ2n) is 12.8. The Morgan fingerprint density at radius 1 is 0.750 bits per heavy atom. The lowest BCUT2D eigenvalue weighted by Gasteiger charge is -2.35. The molecule has 0 aliphatic carbocycles. The molecule has 2 saturated heterocycles. The molecule has 0 aromatic heterocycles. The van der Waals surface area contributed by atoms with E-state index >= 15 is 0 Å². The van der Waals surface area contributed by atoms with Gasteiger partial charge in [0.2, 0.25) is 0 Å². The number of likely N-dealkylation sites (tertiary alicyclic amines) is 2.